The Morgan fingerprint density at radius 2 is 1.74 bits per heavy atom. The summed E-state index contributed by atoms with van der Waals surface area (Å²) >= 11 is 1.04. The molecule has 23 heavy (non-hydrogen) atoms. The number of carbonyl (C=O) groups is 2. The van der Waals surface area contributed by atoms with Crippen LogP contribution >= 0.6 is 11.8 Å². The van der Waals surface area contributed by atoms with Crippen LogP contribution in [0.1, 0.15) is 12.8 Å². The summed E-state index contributed by atoms with van der Waals surface area (Å²) in [5.41, 5.74) is -0.129. The van der Waals surface area contributed by atoms with Gasteiger partial charge in [-0.05, 0) is 6.07 Å². The number of ether oxygens (including phenoxy) is 3. The molecule has 0 heterocycles. The van der Waals surface area contributed by atoms with E-state index in [2.05, 4.69) is 9.47 Å². The molecular formula is C14H17NO7S. The maximum atomic E-state index is 11.5. The van der Waals surface area contributed by atoms with Crippen LogP contribution in [0.25, 0.3) is 0 Å². The van der Waals surface area contributed by atoms with Crippen molar-refractivity contribution in [2.75, 3.05) is 21.3 Å². The SMILES string of the molecule is COC(=O)CC(CC(=O)OC)Sc1cc(OC)ccc1[N+](=O)[O-]. The average Bonchev–Trinajstić information content (AvgIpc) is 2.53. The molecule has 0 saturated carbocycles. The van der Waals surface area contributed by atoms with Gasteiger partial charge in [-0.3, -0.25) is 19.7 Å². The predicted molar refractivity (Wildman–Crippen MR) is 82.6 cm³/mol. The summed E-state index contributed by atoms with van der Waals surface area (Å²) in [6.45, 7) is 0. The minimum atomic E-state index is -0.555. The van der Waals surface area contributed by atoms with Crippen LogP contribution in [0.15, 0.2) is 23.1 Å². The molecule has 0 atom stereocenters. The van der Waals surface area contributed by atoms with Crippen molar-refractivity contribution in [3.8, 4) is 5.75 Å². The third kappa shape index (κ3) is 5.78. The molecule has 126 valence electrons. The molecule has 0 unspecified atom stereocenters. The lowest BCUT2D eigenvalue weighted by atomic mass is 10.2. The van der Waals surface area contributed by atoms with E-state index in [0.717, 1.165) is 11.8 Å². The minimum Gasteiger partial charge on any atom is -0.497 e. The Balaban J connectivity index is 3.06. The number of hydrogen-bond acceptors (Lipinski definition) is 8. The Labute approximate surface area is 137 Å². The lowest BCUT2D eigenvalue weighted by Gasteiger charge is -2.14. The van der Waals surface area contributed by atoms with Gasteiger partial charge >= 0.3 is 11.9 Å². The van der Waals surface area contributed by atoms with E-state index in [0.29, 0.717) is 10.6 Å². The molecule has 0 aromatic heterocycles. The van der Waals surface area contributed by atoms with Crippen LogP contribution in [0.5, 0.6) is 5.75 Å². The number of rotatable bonds is 8. The van der Waals surface area contributed by atoms with Gasteiger partial charge in [-0.1, -0.05) is 0 Å². The second kappa shape index (κ2) is 8.99. The van der Waals surface area contributed by atoms with Gasteiger partial charge in [0.15, 0.2) is 0 Å². The average molecular weight is 343 g/mol. The highest BCUT2D eigenvalue weighted by Crippen LogP contribution is 2.37. The van der Waals surface area contributed by atoms with E-state index in [9.17, 15) is 19.7 Å². The Kier molecular flexibility index (Phi) is 7.33. The molecule has 1 rings (SSSR count). The molecule has 0 aliphatic carbocycles. The van der Waals surface area contributed by atoms with E-state index in [1.54, 1.807) is 0 Å². The van der Waals surface area contributed by atoms with Crippen LogP contribution < -0.4 is 4.74 Å². The third-order valence-electron chi connectivity index (χ3n) is 2.90. The Hall–Kier alpha value is -2.29. The summed E-state index contributed by atoms with van der Waals surface area (Å²) in [5.74, 6) is -0.595. The summed E-state index contributed by atoms with van der Waals surface area (Å²) in [6, 6.07) is 4.27. The molecule has 0 radical (unpaired) electrons. The minimum absolute atomic E-state index is 0.0787. The number of thioether (sulfide) groups is 1. The molecule has 8 nitrogen and oxygen atoms in total. The van der Waals surface area contributed by atoms with Gasteiger partial charge in [-0.2, -0.15) is 0 Å². The first-order chi connectivity index (χ1) is 10.9. The number of nitrogens with zero attached hydrogens (tertiary/aromatic N) is 1. The maximum absolute atomic E-state index is 11.5. The smallest absolute Gasteiger partial charge is 0.306 e. The van der Waals surface area contributed by atoms with E-state index in [1.807, 2.05) is 0 Å². The van der Waals surface area contributed by atoms with Gasteiger partial charge in [0.2, 0.25) is 0 Å². The van der Waals surface area contributed by atoms with Gasteiger partial charge in [0.1, 0.15) is 5.75 Å². The number of nitro groups is 1. The summed E-state index contributed by atoms with van der Waals surface area (Å²) in [5, 5.41) is 10.6. The van der Waals surface area contributed by atoms with Crippen molar-refractivity contribution in [1.82, 2.24) is 0 Å². The van der Waals surface area contributed by atoms with Crippen LogP contribution in [-0.4, -0.2) is 43.4 Å². The summed E-state index contributed by atoms with van der Waals surface area (Å²) in [6.07, 6.45) is -0.157. The number of benzene rings is 1. The molecule has 0 aliphatic heterocycles. The van der Waals surface area contributed by atoms with Gasteiger partial charge in [-0.15, -0.1) is 11.8 Å². The second-order valence-electron chi connectivity index (χ2n) is 4.39. The van der Waals surface area contributed by atoms with Gasteiger partial charge in [0.05, 0.1) is 44.0 Å². The summed E-state index contributed by atoms with van der Waals surface area (Å²) in [4.78, 5) is 33.8. The molecule has 1 aromatic rings. The topological polar surface area (TPSA) is 105 Å². The molecule has 0 spiro atoms. The van der Waals surface area contributed by atoms with Crippen molar-refractivity contribution in [3.63, 3.8) is 0 Å². The van der Waals surface area contributed by atoms with Crippen molar-refractivity contribution in [2.24, 2.45) is 0 Å². The highest BCUT2D eigenvalue weighted by atomic mass is 32.2. The van der Waals surface area contributed by atoms with Crippen LogP contribution in [-0.2, 0) is 19.1 Å². The molecule has 0 amide bonds. The summed E-state index contributed by atoms with van der Waals surface area (Å²) in [7, 11) is 3.91. The van der Waals surface area contributed by atoms with Crippen LogP contribution in [0.2, 0.25) is 0 Å². The van der Waals surface area contributed by atoms with Crippen molar-refractivity contribution < 1.29 is 28.7 Å². The largest absolute Gasteiger partial charge is 0.497 e. The zero-order valence-electron chi connectivity index (χ0n) is 12.9. The van der Waals surface area contributed by atoms with E-state index >= 15 is 0 Å². The monoisotopic (exact) mass is 343 g/mol. The van der Waals surface area contributed by atoms with Crippen LogP contribution in [0, 0.1) is 10.1 Å². The van der Waals surface area contributed by atoms with Crippen LogP contribution in [0.3, 0.4) is 0 Å². The lowest BCUT2D eigenvalue weighted by molar-refractivity contribution is -0.387. The van der Waals surface area contributed by atoms with E-state index in [1.165, 1.54) is 39.5 Å². The maximum Gasteiger partial charge on any atom is 0.306 e. The predicted octanol–water partition coefficient (Wildman–Crippen LogP) is 2.19. The molecule has 0 N–H and O–H groups in total. The quantitative estimate of drug-likeness (QED) is 0.306. The first-order valence-corrected chi connectivity index (χ1v) is 7.42. The lowest BCUT2D eigenvalue weighted by Crippen LogP contribution is -2.17. The highest BCUT2D eigenvalue weighted by molar-refractivity contribution is 8.00. The summed E-state index contributed by atoms with van der Waals surface area (Å²) < 4.78 is 14.2. The Morgan fingerprint density at radius 3 is 2.17 bits per heavy atom. The molecule has 0 aliphatic rings. The molecule has 9 heteroatoms. The van der Waals surface area contributed by atoms with Gasteiger partial charge in [-0.25, -0.2) is 0 Å². The zero-order valence-corrected chi connectivity index (χ0v) is 13.8. The fourth-order valence-corrected chi connectivity index (χ4v) is 2.99. The van der Waals surface area contributed by atoms with Gasteiger partial charge < -0.3 is 14.2 Å². The molecule has 1 aromatic carbocycles. The number of carbonyl (C=O) groups excluding carboxylic acids is 2. The Bertz CT molecular complexity index is 572. The van der Waals surface area contributed by atoms with Crippen molar-refractivity contribution in [1.29, 1.82) is 0 Å². The molecular weight excluding hydrogens is 326 g/mol. The number of hydrogen-bond donors (Lipinski definition) is 0. The van der Waals surface area contributed by atoms with E-state index in [4.69, 9.17) is 4.74 Å². The van der Waals surface area contributed by atoms with Crippen molar-refractivity contribution in [3.05, 3.63) is 28.3 Å². The highest BCUT2D eigenvalue weighted by Gasteiger charge is 2.24. The number of methoxy groups -OCH3 is 3. The molecule has 0 bridgehead atoms. The molecule has 0 saturated heterocycles. The van der Waals surface area contributed by atoms with E-state index in [-0.39, 0.29) is 18.5 Å². The number of esters is 2. The first-order valence-electron chi connectivity index (χ1n) is 6.54. The second-order valence-corrected chi connectivity index (χ2v) is 5.73. The van der Waals surface area contributed by atoms with Gasteiger partial charge in [0.25, 0.3) is 5.69 Å². The third-order valence-corrected chi connectivity index (χ3v) is 4.15. The van der Waals surface area contributed by atoms with Gasteiger partial charge in [0, 0.05) is 17.4 Å². The fraction of sp³-hybridized carbons (Fsp3) is 0.429. The fourth-order valence-electron chi connectivity index (χ4n) is 1.74. The zero-order chi connectivity index (χ0) is 17.4. The normalized spacial score (nSPS) is 10.3. The standard InChI is InChI=1S/C14H17NO7S/c1-20-9-4-5-11(15(18)19)12(6-9)23-10(7-13(16)21-2)8-14(17)22-3/h4-6,10H,7-8H2,1-3H3. The Morgan fingerprint density at radius 1 is 1.17 bits per heavy atom. The van der Waals surface area contributed by atoms with Crippen molar-refractivity contribution in [2.45, 2.75) is 23.0 Å². The van der Waals surface area contributed by atoms with Crippen molar-refractivity contribution >= 4 is 29.4 Å². The van der Waals surface area contributed by atoms with Crippen LogP contribution in [0.4, 0.5) is 5.69 Å². The first kappa shape index (κ1) is 18.8. The van der Waals surface area contributed by atoms with E-state index < -0.39 is 22.1 Å². The molecule has 0 fully saturated rings. The number of nitro benzene ring substituents is 1.